The number of aromatic nitrogens is 4. The largest absolute Gasteiger partial charge is 0.461 e. The third-order valence-electron chi connectivity index (χ3n) is 5.38. The molecule has 2 N–H and O–H groups in total. The maximum absolute atomic E-state index is 14.8. The number of carbonyl (C=O) groups is 1. The lowest BCUT2D eigenvalue weighted by atomic mass is 9.90. The Bertz CT molecular complexity index is 1190. The number of aromatic amines is 1. The maximum Gasteiger partial charge on any atom is 0.317 e. The fourth-order valence-corrected chi connectivity index (χ4v) is 3.62. The second kappa shape index (κ2) is 10.1. The van der Waals surface area contributed by atoms with Crippen molar-refractivity contribution in [3.8, 4) is 28.7 Å². The van der Waals surface area contributed by atoms with Gasteiger partial charge in [0, 0.05) is 17.8 Å². The lowest BCUT2D eigenvalue weighted by Crippen LogP contribution is -2.50. The Balaban J connectivity index is 1.67. The smallest absolute Gasteiger partial charge is 0.317 e. The topological polar surface area (TPSA) is 111 Å². The fourth-order valence-electron chi connectivity index (χ4n) is 3.62. The van der Waals surface area contributed by atoms with E-state index in [1.54, 1.807) is 37.4 Å². The normalized spacial score (nSPS) is 20.3. The monoisotopic (exact) mass is 483 g/mol. The van der Waals surface area contributed by atoms with Crippen molar-refractivity contribution in [2.75, 3.05) is 13.2 Å². The highest BCUT2D eigenvalue weighted by Crippen LogP contribution is 2.36. The fraction of sp³-hybridized carbons (Fsp3) is 0.440. The van der Waals surface area contributed by atoms with Crippen LogP contribution >= 0.6 is 0 Å². The number of rotatable bonds is 7. The van der Waals surface area contributed by atoms with E-state index >= 15 is 0 Å². The van der Waals surface area contributed by atoms with Gasteiger partial charge in [0.2, 0.25) is 12.2 Å². The molecule has 1 saturated heterocycles. The van der Waals surface area contributed by atoms with Gasteiger partial charge in [0.25, 0.3) is 0 Å². The molecule has 186 valence electrons. The van der Waals surface area contributed by atoms with Crippen LogP contribution < -0.4 is 10.1 Å². The van der Waals surface area contributed by atoms with Crippen LogP contribution in [0.5, 0.6) is 6.01 Å². The Hall–Kier alpha value is -3.37. The predicted molar refractivity (Wildman–Crippen MR) is 127 cm³/mol. The second-order valence-corrected chi connectivity index (χ2v) is 9.36. The van der Waals surface area contributed by atoms with Crippen molar-refractivity contribution in [3.63, 3.8) is 0 Å². The Morgan fingerprint density at radius 1 is 1.17 bits per heavy atom. The van der Waals surface area contributed by atoms with E-state index in [0.29, 0.717) is 28.5 Å². The summed E-state index contributed by atoms with van der Waals surface area (Å²) < 4.78 is 32.2. The number of imidazole rings is 1. The summed E-state index contributed by atoms with van der Waals surface area (Å²) in [6, 6.07) is 8.24. The lowest BCUT2D eigenvalue weighted by Gasteiger charge is -2.35. The SMILES string of the molecule is CC(C)NC(=O)C1(C)COC(c2nc(-c3ccccc3F)c(-c3ccnc(OC(C)C)n3)[nH]2)OC1. The van der Waals surface area contributed by atoms with Gasteiger partial charge in [-0.1, -0.05) is 12.1 Å². The number of halogens is 1. The number of nitrogens with one attached hydrogen (secondary N) is 2. The summed E-state index contributed by atoms with van der Waals surface area (Å²) in [6.07, 6.45) is 0.597. The lowest BCUT2D eigenvalue weighted by molar-refractivity contribution is -0.231. The molecule has 2 aromatic heterocycles. The summed E-state index contributed by atoms with van der Waals surface area (Å²) in [7, 11) is 0. The van der Waals surface area contributed by atoms with Gasteiger partial charge in [-0.15, -0.1) is 0 Å². The molecule has 0 atom stereocenters. The summed E-state index contributed by atoms with van der Waals surface area (Å²) in [4.78, 5) is 29.0. The van der Waals surface area contributed by atoms with Crippen molar-refractivity contribution in [1.29, 1.82) is 0 Å². The molecule has 0 saturated carbocycles. The van der Waals surface area contributed by atoms with Gasteiger partial charge in [-0.3, -0.25) is 4.79 Å². The standard InChI is InChI=1S/C25H30FN5O4/c1-14(2)28-23(32)25(5)12-33-22(34-13-25)21-30-19(16-8-6-7-9-17(16)26)20(31-21)18-10-11-27-24(29-18)35-15(3)4/h6-11,14-15,22H,12-13H2,1-5H3,(H,28,32)(H,30,31). The van der Waals surface area contributed by atoms with Crippen LogP contribution in [0, 0.1) is 11.2 Å². The van der Waals surface area contributed by atoms with Crippen LogP contribution in [0.3, 0.4) is 0 Å². The number of ether oxygens (including phenoxy) is 3. The van der Waals surface area contributed by atoms with Gasteiger partial charge in [0.1, 0.15) is 11.5 Å². The van der Waals surface area contributed by atoms with Gasteiger partial charge in [-0.2, -0.15) is 4.98 Å². The van der Waals surface area contributed by atoms with Crippen LogP contribution in [-0.4, -0.2) is 51.2 Å². The van der Waals surface area contributed by atoms with Crippen molar-refractivity contribution in [2.24, 2.45) is 5.41 Å². The van der Waals surface area contributed by atoms with Crippen LogP contribution in [-0.2, 0) is 14.3 Å². The molecule has 9 nitrogen and oxygen atoms in total. The Labute approximate surface area is 203 Å². The third kappa shape index (κ3) is 5.49. The van der Waals surface area contributed by atoms with E-state index < -0.39 is 17.5 Å². The van der Waals surface area contributed by atoms with Crippen molar-refractivity contribution in [3.05, 3.63) is 48.2 Å². The quantitative estimate of drug-likeness (QED) is 0.522. The van der Waals surface area contributed by atoms with Crippen LogP contribution in [0.4, 0.5) is 4.39 Å². The van der Waals surface area contributed by atoms with Crippen molar-refractivity contribution >= 4 is 5.91 Å². The Morgan fingerprint density at radius 2 is 1.89 bits per heavy atom. The number of carbonyl (C=O) groups excluding carboxylic acids is 1. The molecule has 0 aliphatic carbocycles. The zero-order chi connectivity index (χ0) is 25.2. The Kier molecular flexibility index (Phi) is 7.13. The first kappa shape index (κ1) is 24.7. The summed E-state index contributed by atoms with van der Waals surface area (Å²) in [5.41, 5.74) is 0.765. The van der Waals surface area contributed by atoms with Crippen LogP contribution in [0.25, 0.3) is 22.6 Å². The molecule has 3 aromatic rings. The molecule has 0 unspecified atom stereocenters. The van der Waals surface area contributed by atoms with Crippen LogP contribution in [0.15, 0.2) is 36.5 Å². The molecule has 0 bridgehead atoms. The molecule has 1 aromatic carbocycles. The van der Waals surface area contributed by atoms with Crippen LogP contribution in [0.2, 0.25) is 0 Å². The van der Waals surface area contributed by atoms with Gasteiger partial charge >= 0.3 is 6.01 Å². The van der Waals surface area contributed by atoms with Gasteiger partial charge in [-0.05, 0) is 52.8 Å². The van der Waals surface area contributed by atoms with Gasteiger partial charge in [-0.25, -0.2) is 14.4 Å². The van der Waals surface area contributed by atoms with Crippen LogP contribution in [0.1, 0.15) is 46.7 Å². The first-order chi connectivity index (χ1) is 16.7. The molecule has 4 rings (SSSR count). The number of amides is 1. The Morgan fingerprint density at radius 3 is 2.54 bits per heavy atom. The van der Waals surface area contributed by atoms with E-state index in [2.05, 4.69) is 25.3 Å². The van der Waals surface area contributed by atoms with Gasteiger partial charge in [0.05, 0.1) is 36.1 Å². The summed E-state index contributed by atoms with van der Waals surface area (Å²) in [5, 5.41) is 2.90. The maximum atomic E-state index is 14.8. The highest BCUT2D eigenvalue weighted by molar-refractivity contribution is 5.83. The van der Waals surface area contributed by atoms with E-state index in [9.17, 15) is 9.18 Å². The third-order valence-corrected chi connectivity index (χ3v) is 5.38. The van der Waals surface area contributed by atoms with Gasteiger partial charge < -0.3 is 24.5 Å². The first-order valence-corrected chi connectivity index (χ1v) is 11.6. The summed E-state index contributed by atoms with van der Waals surface area (Å²) >= 11 is 0. The molecule has 35 heavy (non-hydrogen) atoms. The van der Waals surface area contributed by atoms with E-state index in [1.807, 2.05) is 27.7 Å². The zero-order valence-electron chi connectivity index (χ0n) is 20.5. The number of benzene rings is 1. The van der Waals surface area contributed by atoms with Gasteiger partial charge in [0.15, 0.2) is 5.82 Å². The molecular formula is C25H30FN5O4. The average Bonchev–Trinajstić information content (AvgIpc) is 3.24. The molecule has 10 heteroatoms. The minimum atomic E-state index is -0.859. The molecule has 0 spiro atoms. The molecule has 1 amide bonds. The predicted octanol–water partition coefficient (Wildman–Crippen LogP) is 4.04. The van der Waals surface area contributed by atoms with Crippen molar-refractivity contribution in [2.45, 2.75) is 53.1 Å². The highest BCUT2D eigenvalue weighted by atomic mass is 19.1. The number of hydrogen-bond acceptors (Lipinski definition) is 7. The average molecular weight is 484 g/mol. The number of H-pyrrole nitrogens is 1. The van der Waals surface area contributed by atoms with Crippen molar-refractivity contribution < 1.29 is 23.4 Å². The van der Waals surface area contributed by atoms with E-state index in [1.165, 1.54) is 6.07 Å². The molecular weight excluding hydrogens is 453 g/mol. The first-order valence-electron chi connectivity index (χ1n) is 11.6. The minimum Gasteiger partial charge on any atom is -0.461 e. The minimum absolute atomic E-state index is 0.00503. The molecule has 1 fully saturated rings. The number of nitrogens with zero attached hydrogens (tertiary/aromatic N) is 3. The molecule has 1 aliphatic heterocycles. The highest BCUT2D eigenvalue weighted by Gasteiger charge is 2.41. The molecule has 1 aliphatic rings. The van der Waals surface area contributed by atoms with E-state index in [-0.39, 0.29) is 37.3 Å². The number of hydrogen-bond donors (Lipinski definition) is 2. The van der Waals surface area contributed by atoms with E-state index in [0.717, 1.165) is 0 Å². The zero-order valence-corrected chi connectivity index (χ0v) is 20.5. The molecule has 3 heterocycles. The molecule has 0 radical (unpaired) electrons. The summed E-state index contributed by atoms with van der Waals surface area (Å²) in [6.45, 7) is 9.62. The van der Waals surface area contributed by atoms with E-state index in [4.69, 9.17) is 14.2 Å². The second-order valence-electron chi connectivity index (χ2n) is 9.36. The summed E-state index contributed by atoms with van der Waals surface area (Å²) in [5.74, 6) is -0.228. The van der Waals surface area contributed by atoms with Crippen molar-refractivity contribution in [1.82, 2.24) is 25.3 Å².